The van der Waals surface area contributed by atoms with Crippen molar-refractivity contribution in [2.45, 2.75) is 32.2 Å². The summed E-state index contributed by atoms with van der Waals surface area (Å²) in [5.41, 5.74) is 1.23. The summed E-state index contributed by atoms with van der Waals surface area (Å²) < 4.78 is 10.9. The first kappa shape index (κ1) is 24.1. The van der Waals surface area contributed by atoms with Crippen LogP contribution in [0, 0.1) is 5.92 Å². The summed E-state index contributed by atoms with van der Waals surface area (Å²) in [6, 6.07) is 11.0. The normalized spacial score (nSPS) is 20.9. The van der Waals surface area contributed by atoms with Crippen LogP contribution < -0.4 is 20.1 Å². The number of halogens is 1. The molecule has 2 atom stereocenters. The van der Waals surface area contributed by atoms with E-state index in [9.17, 15) is 0 Å². The molecule has 1 aromatic carbocycles. The largest absolute Gasteiger partial charge is 0.454 e. The summed E-state index contributed by atoms with van der Waals surface area (Å²) in [6.07, 6.45) is 3.38. The second-order valence-corrected chi connectivity index (χ2v) is 8.91. The van der Waals surface area contributed by atoms with E-state index in [1.165, 1.54) is 23.3 Å². The van der Waals surface area contributed by atoms with E-state index in [0.717, 1.165) is 50.1 Å². The number of likely N-dealkylation sites (tertiary alicyclic amines) is 1. The van der Waals surface area contributed by atoms with Crippen LogP contribution in [0.1, 0.15) is 36.2 Å². The summed E-state index contributed by atoms with van der Waals surface area (Å²) in [4.78, 5) is 8.90. The van der Waals surface area contributed by atoms with Crippen LogP contribution in [0.3, 0.4) is 0 Å². The van der Waals surface area contributed by atoms with Crippen LogP contribution in [0.4, 0.5) is 0 Å². The van der Waals surface area contributed by atoms with Gasteiger partial charge in [-0.05, 0) is 74.8 Å². The van der Waals surface area contributed by atoms with E-state index < -0.39 is 0 Å². The van der Waals surface area contributed by atoms with Gasteiger partial charge in [-0.25, -0.2) is 0 Å². The first-order chi connectivity index (χ1) is 14.7. The lowest BCUT2D eigenvalue weighted by molar-refractivity contribution is 0.128. The monoisotopic (exact) mass is 556 g/mol. The minimum absolute atomic E-state index is 0. The Bertz CT molecular complexity index is 846. The highest BCUT2D eigenvalue weighted by molar-refractivity contribution is 14.0. The number of fused-ring (bicyclic) bond motifs is 1. The zero-order valence-corrected chi connectivity index (χ0v) is 21.4. The third-order valence-electron chi connectivity index (χ3n) is 5.81. The molecule has 170 valence electrons. The van der Waals surface area contributed by atoms with Crippen molar-refractivity contribution >= 4 is 41.3 Å². The lowest BCUT2D eigenvalue weighted by Crippen LogP contribution is -2.40. The second-order valence-electron chi connectivity index (χ2n) is 7.93. The fourth-order valence-electron chi connectivity index (χ4n) is 4.33. The molecule has 0 radical (unpaired) electrons. The molecule has 2 N–H and O–H groups in total. The van der Waals surface area contributed by atoms with Gasteiger partial charge in [0.2, 0.25) is 6.79 Å². The SMILES string of the molecule is CCNC(=NCC1CCCN(C)C1c1cccs1)NCCc1ccc2c(c1)OCO2.I. The molecule has 0 amide bonds. The zero-order chi connectivity index (χ0) is 20.8. The van der Waals surface area contributed by atoms with Crippen LogP contribution in [-0.2, 0) is 6.42 Å². The number of nitrogens with zero attached hydrogens (tertiary/aromatic N) is 2. The average Bonchev–Trinajstić information content (AvgIpc) is 3.43. The number of thiophene rings is 1. The molecule has 3 heterocycles. The molecular weight excluding hydrogens is 523 g/mol. The fraction of sp³-hybridized carbons (Fsp3) is 0.522. The molecule has 4 rings (SSSR count). The van der Waals surface area contributed by atoms with Crippen LogP contribution in [0.5, 0.6) is 11.5 Å². The molecule has 0 spiro atoms. The number of guanidine groups is 1. The molecular formula is C23H33IN4O2S. The number of rotatable bonds is 7. The minimum Gasteiger partial charge on any atom is -0.454 e. The summed E-state index contributed by atoms with van der Waals surface area (Å²) in [7, 11) is 2.25. The van der Waals surface area contributed by atoms with Crippen molar-refractivity contribution in [2.75, 3.05) is 40.0 Å². The van der Waals surface area contributed by atoms with Crippen LogP contribution >= 0.6 is 35.3 Å². The molecule has 1 saturated heterocycles. The van der Waals surface area contributed by atoms with Gasteiger partial charge in [-0.3, -0.25) is 9.89 Å². The molecule has 2 aromatic rings. The van der Waals surface area contributed by atoms with Gasteiger partial charge in [-0.15, -0.1) is 35.3 Å². The number of hydrogen-bond donors (Lipinski definition) is 2. The Labute approximate surface area is 206 Å². The third kappa shape index (κ3) is 6.26. The van der Waals surface area contributed by atoms with Crippen molar-refractivity contribution in [3.05, 3.63) is 46.2 Å². The van der Waals surface area contributed by atoms with Gasteiger partial charge >= 0.3 is 0 Å². The molecule has 6 nitrogen and oxygen atoms in total. The van der Waals surface area contributed by atoms with E-state index in [2.05, 4.69) is 59.2 Å². The Morgan fingerprint density at radius 2 is 2.10 bits per heavy atom. The molecule has 2 unspecified atom stereocenters. The minimum atomic E-state index is 0. The van der Waals surface area contributed by atoms with Gasteiger partial charge in [0.05, 0.1) is 0 Å². The van der Waals surface area contributed by atoms with Gasteiger partial charge in [-0.2, -0.15) is 0 Å². The Hall–Kier alpha value is -1.52. The van der Waals surface area contributed by atoms with Crippen LogP contribution in [0.2, 0.25) is 0 Å². The maximum absolute atomic E-state index is 5.48. The molecule has 0 aliphatic carbocycles. The molecule has 1 fully saturated rings. The number of piperidine rings is 1. The predicted molar refractivity (Wildman–Crippen MR) is 138 cm³/mol. The number of benzene rings is 1. The van der Waals surface area contributed by atoms with E-state index in [0.29, 0.717) is 18.8 Å². The Kier molecular flexibility index (Phi) is 9.28. The first-order valence-electron chi connectivity index (χ1n) is 10.9. The first-order valence-corrected chi connectivity index (χ1v) is 11.8. The molecule has 1 aromatic heterocycles. The Balaban J connectivity index is 0.00000272. The van der Waals surface area contributed by atoms with Gasteiger partial charge in [0.25, 0.3) is 0 Å². The average molecular weight is 557 g/mol. The van der Waals surface area contributed by atoms with Gasteiger partial charge in [0.15, 0.2) is 17.5 Å². The number of ether oxygens (including phenoxy) is 2. The number of hydrogen-bond acceptors (Lipinski definition) is 5. The molecule has 31 heavy (non-hydrogen) atoms. The molecule has 8 heteroatoms. The predicted octanol–water partition coefficient (Wildman–Crippen LogP) is 4.28. The van der Waals surface area contributed by atoms with E-state index in [-0.39, 0.29) is 24.0 Å². The summed E-state index contributed by atoms with van der Waals surface area (Å²) in [6.45, 7) is 6.11. The van der Waals surface area contributed by atoms with Gasteiger partial charge < -0.3 is 20.1 Å². The topological polar surface area (TPSA) is 58.1 Å². The number of nitrogens with one attached hydrogen (secondary N) is 2. The van der Waals surface area contributed by atoms with E-state index in [1.807, 2.05) is 17.4 Å². The fourth-order valence-corrected chi connectivity index (χ4v) is 5.32. The highest BCUT2D eigenvalue weighted by Crippen LogP contribution is 2.37. The molecule has 0 saturated carbocycles. The molecule has 2 aliphatic rings. The maximum atomic E-state index is 5.48. The van der Waals surface area contributed by atoms with Crippen molar-refractivity contribution in [3.63, 3.8) is 0 Å². The van der Waals surface area contributed by atoms with Crippen molar-refractivity contribution in [3.8, 4) is 11.5 Å². The Morgan fingerprint density at radius 3 is 2.90 bits per heavy atom. The number of aliphatic imine (C=N–C) groups is 1. The van der Waals surface area contributed by atoms with Gasteiger partial charge in [0, 0.05) is 30.6 Å². The molecule has 2 aliphatic heterocycles. The second kappa shape index (κ2) is 11.9. The van der Waals surface area contributed by atoms with Crippen molar-refractivity contribution in [1.29, 1.82) is 0 Å². The highest BCUT2D eigenvalue weighted by atomic mass is 127. The zero-order valence-electron chi connectivity index (χ0n) is 18.3. The standard InChI is InChI=1S/C23H32N4O2S.HI/c1-3-24-23(25-11-10-17-8-9-19-20(14-17)29-16-28-19)26-15-18-6-4-12-27(2)22(18)21-7-5-13-30-21;/h5,7-9,13-14,18,22H,3-4,6,10-12,15-16H2,1-2H3,(H2,24,25,26);1H. The Morgan fingerprint density at radius 1 is 1.23 bits per heavy atom. The van der Waals surface area contributed by atoms with Crippen molar-refractivity contribution in [2.24, 2.45) is 10.9 Å². The van der Waals surface area contributed by atoms with Gasteiger partial charge in [0.1, 0.15) is 0 Å². The summed E-state index contributed by atoms with van der Waals surface area (Å²) in [5.74, 6) is 3.12. The lowest BCUT2D eigenvalue weighted by atomic mass is 9.88. The van der Waals surface area contributed by atoms with Gasteiger partial charge in [-0.1, -0.05) is 12.1 Å². The maximum Gasteiger partial charge on any atom is 0.231 e. The molecule has 0 bridgehead atoms. The lowest BCUT2D eigenvalue weighted by Gasteiger charge is -2.38. The van der Waals surface area contributed by atoms with Crippen molar-refractivity contribution in [1.82, 2.24) is 15.5 Å². The van der Waals surface area contributed by atoms with E-state index in [1.54, 1.807) is 0 Å². The van der Waals surface area contributed by atoms with Crippen molar-refractivity contribution < 1.29 is 9.47 Å². The third-order valence-corrected chi connectivity index (χ3v) is 6.76. The van der Waals surface area contributed by atoms with E-state index in [4.69, 9.17) is 14.5 Å². The van der Waals surface area contributed by atoms with Crippen LogP contribution in [0.15, 0.2) is 40.7 Å². The quantitative estimate of drug-likeness (QED) is 0.303. The highest BCUT2D eigenvalue weighted by Gasteiger charge is 2.31. The van der Waals surface area contributed by atoms with Crippen LogP contribution in [0.25, 0.3) is 0 Å². The summed E-state index contributed by atoms with van der Waals surface area (Å²) >= 11 is 1.86. The van der Waals surface area contributed by atoms with E-state index >= 15 is 0 Å². The smallest absolute Gasteiger partial charge is 0.231 e. The van der Waals surface area contributed by atoms with Crippen LogP contribution in [-0.4, -0.2) is 50.9 Å². The summed E-state index contributed by atoms with van der Waals surface area (Å²) in [5, 5.41) is 9.07.